The highest BCUT2D eigenvalue weighted by Gasteiger charge is 2.53. The predicted octanol–water partition coefficient (Wildman–Crippen LogP) is 3.74. The van der Waals surface area contributed by atoms with Crippen molar-refractivity contribution < 1.29 is 8.42 Å². The molecule has 0 radical (unpaired) electrons. The van der Waals surface area contributed by atoms with Crippen molar-refractivity contribution >= 4 is 51.3 Å². The molecule has 0 unspecified atom stereocenters. The summed E-state index contributed by atoms with van der Waals surface area (Å²) in [6.45, 7) is 11.8. The number of sulfonamides is 1. The van der Waals surface area contributed by atoms with Gasteiger partial charge in [0.1, 0.15) is 4.21 Å². The van der Waals surface area contributed by atoms with Gasteiger partial charge in [-0.15, -0.1) is 35.3 Å². The minimum atomic E-state index is -3.35. The summed E-state index contributed by atoms with van der Waals surface area (Å²) in [6, 6.07) is 3.65. The first-order valence-electron chi connectivity index (χ1n) is 9.67. The molecule has 3 rings (SSSR count). The zero-order chi connectivity index (χ0) is 19.9. The number of likely N-dealkylation sites (tertiary alicyclic amines) is 1. The van der Waals surface area contributed by atoms with Gasteiger partial charge >= 0.3 is 0 Å². The second-order valence-electron chi connectivity index (χ2n) is 8.62. The standard InChI is InChI=1S/C19H32N4O2S2.HI/c1-18(2)14-23(19(18,3)4)17(20-5)21-13-15-9-10-16(26-15)27(24,25)22-11-7-6-8-12-22;/h9-10H,6-8,11-14H2,1-5H3,(H,20,21);1H. The number of piperidine rings is 1. The Labute approximate surface area is 190 Å². The van der Waals surface area contributed by atoms with Crippen LogP contribution >= 0.6 is 35.3 Å². The van der Waals surface area contributed by atoms with Crippen LogP contribution in [0.4, 0.5) is 0 Å². The van der Waals surface area contributed by atoms with E-state index in [2.05, 4.69) is 42.9 Å². The largest absolute Gasteiger partial charge is 0.351 e. The van der Waals surface area contributed by atoms with Gasteiger partial charge in [0.05, 0.1) is 6.54 Å². The maximum Gasteiger partial charge on any atom is 0.252 e. The Kier molecular flexibility index (Phi) is 7.48. The van der Waals surface area contributed by atoms with Crippen molar-refractivity contribution in [3.05, 3.63) is 17.0 Å². The van der Waals surface area contributed by atoms with Crippen LogP contribution in [0.2, 0.25) is 0 Å². The third-order valence-electron chi connectivity index (χ3n) is 6.32. The van der Waals surface area contributed by atoms with Gasteiger partial charge in [0, 0.05) is 42.5 Å². The van der Waals surface area contributed by atoms with Gasteiger partial charge in [0.15, 0.2) is 5.96 Å². The van der Waals surface area contributed by atoms with Gasteiger partial charge < -0.3 is 10.2 Å². The molecule has 1 aromatic heterocycles. The maximum atomic E-state index is 12.8. The molecule has 0 bridgehead atoms. The molecule has 0 saturated carbocycles. The van der Waals surface area contributed by atoms with Crippen molar-refractivity contribution in [2.75, 3.05) is 26.7 Å². The minimum Gasteiger partial charge on any atom is -0.351 e. The zero-order valence-electron chi connectivity index (χ0n) is 17.5. The minimum absolute atomic E-state index is 0. The van der Waals surface area contributed by atoms with Crippen LogP contribution in [0.5, 0.6) is 0 Å². The second kappa shape index (κ2) is 8.77. The maximum absolute atomic E-state index is 12.8. The molecule has 2 saturated heterocycles. The summed E-state index contributed by atoms with van der Waals surface area (Å²) in [4.78, 5) is 7.71. The van der Waals surface area contributed by atoms with Crippen LogP contribution in [0.15, 0.2) is 21.3 Å². The Morgan fingerprint density at radius 3 is 2.36 bits per heavy atom. The molecule has 0 aliphatic carbocycles. The molecule has 160 valence electrons. The van der Waals surface area contributed by atoms with Crippen LogP contribution in [0, 0.1) is 5.41 Å². The summed E-state index contributed by atoms with van der Waals surface area (Å²) in [6.07, 6.45) is 3.03. The first-order valence-corrected chi connectivity index (χ1v) is 11.9. The molecule has 1 N–H and O–H groups in total. The van der Waals surface area contributed by atoms with Crippen molar-refractivity contribution in [1.82, 2.24) is 14.5 Å². The van der Waals surface area contributed by atoms with Crippen molar-refractivity contribution in [1.29, 1.82) is 0 Å². The molecule has 0 atom stereocenters. The van der Waals surface area contributed by atoms with Gasteiger partial charge in [-0.2, -0.15) is 4.31 Å². The van der Waals surface area contributed by atoms with Crippen LogP contribution in [0.25, 0.3) is 0 Å². The zero-order valence-corrected chi connectivity index (χ0v) is 21.5. The normalized spacial score (nSPS) is 22.3. The average molecular weight is 541 g/mol. The number of guanidine groups is 1. The van der Waals surface area contributed by atoms with Crippen LogP contribution in [0.3, 0.4) is 0 Å². The van der Waals surface area contributed by atoms with Crippen LogP contribution in [-0.2, 0) is 16.6 Å². The number of thiophene rings is 1. The molecule has 9 heteroatoms. The molecule has 0 amide bonds. The predicted molar refractivity (Wildman–Crippen MR) is 127 cm³/mol. The number of nitrogens with zero attached hydrogens (tertiary/aromatic N) is 3. The summed E-state index contributed by atoms with van der Waals surface area (Å²) in [5.41, 5.74) is 0.274. The van der Waals surface area contributed by atoms with Gasteiger partial charge in [-0.05, 0) is 38.8 Å². The van der Waals surface area contributed by atoms with E-state index >= 15 is 0 Å². The summed E-state index contributed by atoms with van der Waals surface area (Å²) >= 11 is 1.36. The lowest BCUT2D eigenvalue weighted by Gasteiger charge is -2.62. The van der Waals surface area contributed by atoms with Crippen molar-refractivity contribution in [3.8, 4) is 0 Å². The molecular formula is C19H33IN4O2S2. The van der Waals surface area contributed by atoms with E-state index in [1.165, 1.54) is 11.3 Å². The average Bonchev–Trinajstić information content (AvgIpc) is 3.12. The first kappa shape index (κ1) is 23.9. The van der Waals surface area contributed by atoms with E-state index in [0.717, 1.165) is 36.6 Å². The lowest BCUT2D eigenvalue weighted by molar-refractivity contribution is -0.0667. The Balaban J connectivity index is 0.00000280. The molecule has 3 heterocycles. The summed E-state index contributed by atoms with van der Waals surface area (Å²) in [5, 5.41) is 3.40. The van der Waals surface area contributed by atoms with Gasteiger partial charge in [-0.1, -0.05) is 20.3 Å². The van der Waals surface area contributed by atoms with Gasteiger partial charge in [0.25, 0.3) is 10.0 Å². The third kappa shape index (κ3) is 4.37. The summed E-state index contributed by atoms with van der Waals surface area (Å²) < 4.78 is 27.7. The monoisotopic (exact) mass is 540 g/mol. The van der Waals surface area contributed by atoms with Crippen LogP contribution in [0.1, 0.15) is 51.8 Å². The highest BCUT2D eigenvalue weighted by atomic mass is 127. The van der Waals surface area contributed by atoms with Crippen molar-refractivity contribution in [3.63, 3.8) is 0 Å². The second-order valence-corrected chi connectivity index (χ2v) is 11.9. The van der Waals surface area contributed by atoms with Crippen molar-refractivity contribution in [2.24, 2.45) is 10.4 Å². The molecule has 2 aliphatic heterocycles. The van der Waals surface area contributed by atoms with Gasteiger partial charge in [-0.25, -0.2) is 8.42 Å². The number of hydrogen-bond acceptors (Lipinski definition) is 4. The number of aliphatic imine (C=N–C) groups is 1. The van der Waals surface area contributed by atoms with E-state index in [-0.39, 0.29) is 34.9 Å². The highest BCUT2D eigenvalue weighted by Crippen LogP contribution is 2.46. The number of halogens is 1. The molecule has 6 nitrogen and oxygen atoms in total. The number of nitrogens with one attached hydrogen (secondary N) is 1. The SMILES string of the molecule is CN=C(NCc1ccc(S(=O)(=O)N2CCCCC2)s1)N1CC(C)(C)C1(C)C.I. The molecule has 1 aromatic rings. The van der Waals surface area contributed by atoms with E-state index in [4.69, 9.17) is 0 Å². The highest BCUT2D eigenvalue weighted by molar-refractivity contribution is 14.0. The Hall–Kier alpha value is -0.390. The lowest BCUT2D eigenvalue weighted by atomic mass is 9.65. The topological polar surface area (TPSA) is 65.0 Å². The van der Waals surface area contributed by atoms with Gasteiger partial charge in [-0.3, -0.25) is 4.99 Å². The molecule has 2 aliphatic rings. The fourth-order valence-corrected chi connectivity index (χ4v) is 6.65. The third-order valence-corrected chi connectivity index (χ3v) is 9.77. The molecule has 0 aromatic carbocycles. The van der Waals surface area contributed by atoms with Crippen LogP contribution in [-0.4, -0.2) is 55.8 Å². The summed E-state index contributed by atoms with van der Waals surface area (Å²) in [7, 11) is -1.55. The quantitative estimate of drug-likeness (QED) is 0.359. The Morgan fingerprint density at radius 2 is 1.82 bits per heavy atom. The summed E-state index contributed by atoms with van der Waals surface area (Å²) in [5.74, 6) is 0.869. The van der Waals surface area contributed by atoms with E-state index in [9.17, 15) is 8.42 Å². The number of rotatable bonds is 4. The number of hydrogen-bond donors (Lipinski definition) is 1. The van der Waals surface area contributed by atoms with E-state index in [1.807, 2.05) is 6.07 Å². The van der Waals surface area contributed by atoms with Gasteiger partial charge in [0.2, 0.25) is 0 Å². The smallest absolute Gasteiger partial charge is 0.252 e. The van der Waals surface area contributed by atoms with Crippen molar-refractivity contribution in [2.45, 2.75) is 63.3 Å². The van der Waals surface area contributed by atoms with E-state index in [0.29, 0.717) is 23.8 Å². The molecule has 28 heavy (non-hydrogen) atoms. The first-order chi connectivity index (χ1) is 12.6. The van der Waals surface area contributed by atoms with Crippen LogP contribution < -0.4 is 5.32 Å². The fraction of sp³-hybridized carbons (Fsp3) is 0.737. The van der Waals surface area contributed by atoms with E-state index < -0.39 is 10.0 Å². The molecule has 2 fully saturated rings. The molecule has 0 spiro atoms. The fourth-order valence-electron chi connectivity index (χ4n) is 3.69. The molecular weight excluding hydrogens is 507 g/mol. The Bertz CT molecular complexity index is 812. The Morgan fingerprint density at radius 1 is 1.18 bits per heavy atom. The van der Waals surface area contributed by atoms with E-state index in [1.54, 1.807) is 17.4 Å². The lowest BCUT2D eigenvalue weighted by Crippen LogP contribution is -2.72.